The van der Waals surface area contributed by atoms with E-state index in [1.165, 1.54) is 6.07 Å². The molecule has 0 radical (unpaired) electrons. The van der Waals surface area contributed by atoms with Crippen molar-refractivity contribution in [2.24, 2.45) is 0 Å². The first kappa shape index (κ1) is 19.8. The smallest absolute Gasteiger partial charge is 0.265 e. The Balaban J connectivity index is 1.68. The fourth-order valence-electron chi connectivity index (χ4n) is 2.68. The van der Waals surface area contributed by atoms with Crippen LogP contribution < -0.4 is 4.72 Å². The van der Waals surface area contributed by atoms with Gasteiger partial charge in [-0.25, -0.2) is 13.4 Å². The third-order valence-electron chi connectivity index (χ3n) is 3.91. The summed E-state index contributed by atoms with van der Waals surface area (Å²) < 4.78 is 37.3. The number of hydrogen-bond donors (Lipinski definition) is 1. The minimum atomic E-state index is -3.87. The van der Waals surface area contributed by atoms with Gasteiger partial charge in [-0.15, -0.1) is 0 Å². The Morgan fingerprint density at radius 1 is 1.31 bits per heavy atom. The quantitative estimate of drug-likeness (QED) is 0.748. The van der Waals surface area contributed by atoms with E-state index in [9.17, 15) is 8.42 Å². The van der Waals surface area contributed by atoms with Crippen LogP contribution in [0.3, 0.4) is 0 Å². The molecule has 2 heterocycles. The molecule has 11 heteroatoms. The summed E-state index contributed by atoms with van der Waals surface area (Å²) in [5, 5.41) is 0.666. The molecule has 2 aromatic rings. The summed E-state index contributed by atoms with van der Waals surface area (Å²) in [6, 6.07) is 2.95. The van der Waals surface area contributed by atoms with Crippen LogP contribution >= 0.6 is 34.7 Å². The molecule has 1 fully saturated rings. The van der Waals surface area contributed by atoms with Crippen LogP contribution in [-0.4, -0.2) is 55.5 Å². The van der Waals surface area contributed by atoms with E-state index in [0.717, 1.165) is 44.4 Å². The Labute approximate surface area is 166 Å². The monoisotopic (exact) mass is 436 g/mol. The Kier molecular flexibility index (Phi) is 6.37. The van der Waals surface area contributed by atoms with E-state index in [1.54, 1.807) is 13.0 Å². The molecule has 1 aliphatic rings. The van der Waals surface area contributed by atoms with Gasteiger partial charge in [-0.3, -0.25) is 9.62 Å². The lowest BCUT2D eigenvalue weighted by Crippen LogP contribution is -2.37. The molecule has 26 heavy (non-hydrogen) atoms. The van der Waals surface area contributed by atoms with Gasteiger partial charge in [0.25, 0.3) is 10.0 Å². The maximum atomic E-state index is 12.6. The molecule has 0 aliphatic carbocycles. The number of aromatic nitrogens is 2. The van der Waals surface area contributed by atoms with E-state index in [1.807, 2.05) is 0 Å². The molecule has 0 bridgehead atoms. The number of hydrogen-bond acceptors (Lipinski definition) is 7. The van der Waals surface area contributed by atoms with Crippen LogP contribution in [0.15, 0.2) is 17.0 Å². The molecule has 142 valence electrons. The highest BCUT2D eigenvalue weighted by molar-refractivity contribution is 7.93. The van der Waals surface area contributed by atoms with Gasteiger partial charge in [-0.2, -0.15) is 4.37 Å². The summed E-state index contributed by atoms with van der Waals surface area (Å²) in [5.41, 5.74) is 0.465. The van der Waals surface area contributed by atoms with E-state index in [0.29, 0.717) is 22.8 Å². The topological polar surface area (TPSA) is 84.4 Å². The highest BCUT2D eigenvalue weighted by atomic mass is 35.5. The van der Waals surface area contributed by atoms with Crippen molar-refractivity contribution in [3.63, 3.8) is 0 Å². The van der Waals surface area contributed by atoms with E-state index in [-0.39, 0.29) is 15.0 Å². The number of nitrogens with zero attached hydrogens (tertiary/aromatic N) is 3. The SMILES string of the molecule is Cc1cc(Cl)cc(Cl)c1S(=O)(=O)Nc1nc(CCN2CCOCC2)ns1. The highest BCUT2D eigenvalue weighted by Gasteiger charge is 2.23. The molecule has 0 unspecified atom stereocenters. The highest BCUT2D eigenvalue weighted by Crippen LogP contribution is 2.30. The molecule has 1 N–H and O–H groups in total. The predicted octanol–water partition coefficient (Wildman–Crippen LogP) is 2.83. The zero-order valence-electron chi connectivity index (χ0n) is 14.0. The van der Waals surface area contributed by atoms with Gasteiger partial charge in [-0.1, -0.05) is 23.2 Å². The first-order valence-corrected chi connectivity index (χ1v) is 11.0. The molecule has 0 spiro atoms. The first-order valence-electron chi connectivity index (χ1n) is 7.96. The Morgan fingerprint density at radius 2 is 2.04 bits per heavy atom. The van der Waals surface area contributed by atoms with Gasteiger partial charge in [-0.05, 0) is 24.6 Å². The Morgan fingerprint density at radius 3 is 2.73 bits per heavy atom. The van der Waals surface area contributed by atoms with Gasteiger partial charge >= 0.3 is 0 Å². The van der Waals surface area contributed by atoms with Crippen molar-refractivity contribution in [3.8, 4) is 0 Å². The third-order valence-corrected chi connectivity index (χ3v) is 6.88. The fourth-order valence-corrected chi connectivity index (χ4v) is 5.70. The van der Waals surface area contributed by atoms with Gasteiger partial charge in [0.2, 0.25) is 5.13 Å². The molecule has 3 rings (SSSR count). The fraction of sp³-hybridized carbons (Fsp3) is 0.467. The van der Waals surface area contributed by atoms with Gasteiger partial charge in [0, 0.05) is 42.6 Å². The molecule has 0 atom stereocenters. The standard InChI is InChI=1S/C15H18Cl2N4O3S2/c1-10-8-11(16)9-12(17)14(10)26(22,23)20-15-18-13(19-25-15)2-3-21-4-6-24-7-5-21/h8-9H,2-7H2,1H3,(H,18,19,20). The minimum Gasteiger partial charge on any atom is -0.379 e. The minimum absolute atomic E-state index is 0.00590. The van der Waals surface area contributed by atoms with Crippen LogP contribution in [0, 0.1) is 6.92 Å². The van der Waals surface area contributed by atoms with E-state index in [2.05, 4.69) is 19.0 Å². The summed E-state index contributed by atoms with van der Waals surface area (Å²) >= 11 is 13.0. The number of morpholine rings is 1. The van der Waals surface area contributed by atoms with E-state index >= 15 is 0 Å². The summed E-state index contributed by atoms with van der Waals surface area (Å²) in [6.07, 6.45) is 0.652. The van der Waals surface area contributed by atoms with Crippen molar-refractivity contribution in [1.82, 2.24) is 14.3 Å². The Bertz CT molecular complexity index is 860. The number of ether oxygens (including phenoxy) is 1. The van der Waals surface area contributed by atoms with Crippen molar-refractivity contribution in [3.05, 3.63) is 33.6 Å². The first-order chi connectivity index (χ1) is 12.3. The van der Waals surface area contributed by atoms with Crippen LogP contribution in [0.4, 0.5) is 5.13 Å². The average Bonchev–Trinajstić information content (AvgIpc) is 2.99. The normalized spacial score (nSPS) is 16.0. The number of nitrogens with one attached hydrogen (secondary N) is 1. The summed E-state index contributed by atoms with van der Waals surface area (Å²) in [7, 11) is -3.87. The lowest BCUT2D eigenvalue weighted by Gasteiger charge is -2.25. The third kappa shape index (κ3) is 4.85. The molecule has 1 aliphatic heterocycles. The van der Waals surface area contributed by atoms with Gasteiger partial charge < -0.3 is 4.74 Å². The summed E-state index contributed by atoms with van der Waals surface area (Å²) in [5.74, 6) is 0.609. The molecule has 1 saturated heterocycles. The molecule has 0 amide bonds. The average molecular weight is 437 g/mol. The van der Waals surface area contributed by atoms with E-state index < -0.39 is 10.0 Å². The second-order valence-corrected chi connectivity index (χ2v) is 9.07. The number of benzene rings is 1. The van der Waals surface area contributed by atoms with Crippen LogP contribution in [-0.2, 0) is 21.2 Å². The summed E-state index contributed by atoms with van der Waals surface area (Å²) in [4.78, 5) is 6.54. The van der Waals surface area contributed by atoms with Crippen molar-refractivity contribution in [1.29, 1.82) is 0 Å². The lowest BCUT2D eigenvalue weighted by molar-refractivity contribution is 0.0382. The van der Waals surface area contributed by atoms with Crippen molar-refractivity contribution < 1.29 is 13.2 Å². The molecular formula is C15H18Cl2N4O3S2. The van der Waals surface area contributed by atoms with Crippen LogP contribution in [0.25, 0.3) is 0 Å². The van der Waals surface area contributed by atoms with Gasteiger partial charge in [0.1, 0.15) is 10.7 Å². The van der Waals surface area contributed by atoms with Crippen LogP contribution in [0.5, 0.6) is 0 Å². The molecular weight excluding hydrogens is 419 g/mol. The number of halogens is 2. The zero-order valence-corrected chi connectivity index (χ0v) is 17.2. The maximum absolute atomic E-state index is 12.6. The number of sulfonamides is 1. The number of rotatable bonds is 6. The van der Waals surface area contributed by atoms with Crippen LogP contribution in [0.1, 0.15) is 11.4 Å². The molecule has 0 saturated carbocycles. The Hall–Kier alpha value is -0.970. The van der Waals surface area contributed by atoms with Gasteiger partial charge in [0.05, 0.1) is 18.2 Å². The largest absolute Gasteiger partial charge is 0.379 e. The number of aryl methyl sites for hydroxylation is 1. The predicted molar refractivity (Wildman–Crippen MR) is 103 cm³/mol. The summed E-state index contributed by atoms with van der Waals surface area (Å²) in [6.45, 7) is 5.69. The van der Waals surface area contributed by atoms with E-state index in [4.69, 9.17) is 27.9 Å². The van der Waals surface area contributed by atoms with Gasteiger partial charge in [0.15, 0.2) is 0 Å². The van der Waals surface area contributed by atoms with Crippen molar-refractivity contribution in [2.45, 2.75) is 18.2 Å². The zero-order chi connectivity index (χ0) is 18.7. The molecule has 1 aromatic heterocycles. The lowest BCUT2D eigenvalue weighted by atomic mass is 10.2. The van der Waals surface area contributed by atoms with Crippen LogP contribution in [0.2, 0.25) is 10.0 Å². The maximum Gasteiger partial charge on any atom is 0.265 e. The molecule has 1 aromatic carbocycles. The van der Waals surface area contributed by atoms with Crippen molar-refractivity contribution >= 4 is 49.9 Å². The molecule has 7 nitrogen and oxygen atoms in total. The second kappa shape index (κ2) is 8.37. The van der Waals surface area contributed by atoms with Crippen molar-refractivity contribution in [2.75, 3.05) is 37.6 Å². The number of anilines is 1. The second-order valence-electron chi connectivity index (χ2n) is 5.86.